The zero-order valence-electron chi connectivity index (χ0n) is 13.4. The summed E-state index contributed by atoms with van der Waals surface area (Å²) in [5.41, 5.74) is 8.71. The van der Waals surface area contributed by atoms with E-state index < -0.39 is 0 Å². The van der Waals surface area contributed by atoms with Gasteiger partial charge in [0.05, 0.1) is 0 Å². The summed E-state index contributed by atoms with van der Waals surface area (Å²) in [5.74, 6) is 2.07. The SMILES string of the molecule is C/C=C(\C=C/N)c1nc(C)nc(C2=C(C)C/C=C\CC=C2)n1. The smallest absolute Gasteiger partial charge is 0.163 e. The van der Waals surface area contributed by atoms with Gasteiger partial charge in [0.15, 0.2) is 11.6 Å². The van der Waals surface area contributed by atoms with Crippen molar-refractivity contribution in [2.45, 2.75) is 33.6 Å². The van der Waals surface area contributed by atoms with Gasteiger partial charge in [-0.25, -0.2) is 15.0 Å². The molecule has 0 unspecified atom stereocenters. The normalized spacial score (nSPS) is 17.7. The third-order valence-corrected chi connectivity index (χ3v) is 3.44. The van der Waals surface area contributed by atoms with Gasteiger partial charge in [0.1, 0.15) is 5.82 Å². The highest BCUT2D eigenvalue weighted by Crippen LogP contribution is 2.23. The predicted molar refractivity (Wildman–Crippen MR) is 91.7 cm³/mol. The number of hydrogen-bond donors (Lipinski definition) is 1. The van der Waals surface area contributed by atoms with Gasteiger partial charge in [0, 0.05) is 11.1 Å². The molecule has 0 saturated carbocycles. The lowest BCUT2D eigenvalue weighted by Crippen LogP contribution is -2.05. The van der Waals surface area contributed by atoms with Gasteiger partial charge in [-0.3, -0.25) is 0 Å². The summed E-state index contributed by atoms with van der Waals surface area (Å²) < 4.78 is 0. The first kappa shape index (κ1) is 15.9. The molecule has 114 valence electrons. The Morgan fingerprint density at radius 1 is 1.14 bits per heavy atom. The maximum absolute atomic E-state index is 5.50. The first-order chi connectivity index (χ1) is 10.7. The van der Waals surface area contributed by atoms with Gasteiger partial charge >= 0.3 is 0 Å². The minimum absolute atomic E-state index is 0.651. The molecule has 2 rings (SSSR count). The van der Waals surface area contributed by atoms with E-state index in [1.165, 1.54) is 11.8 Å². The highest BCUT2D eigenvalue weighted by molar-refractivity contribution is 5.75. The van der Waals surface area contributed by atoms with E-state index in [0.29, 0.717) is 11.6 Å². The summed E-state index contributed by atoms with van der Waals surface area (Å²) >= 11 is 0. The van der Waals surface area contributed by atoms with Crippen molar-refractivity contribution in [1.82, 2.24) is 15.0 Å². The van der Waals surface area contributed by atoms with Crippen LogP contribution in [0.3, 0.4) is 0 Å². The molecular weight excluding hydrogens is 272 g/mol. The Bertz CT molecular complexity index is 691. The highest BCUT2D eigenvalue weighted by atomic mass is 15.0. The summed E-state index contributed by atoms with van der Waals surface area (Å²) in [4.78, 5) is 13.6. The molecule has 2 N–H and O–H groups in total. The zero-order chi connectivity index (χ0) is 15.9. The van der Waals surface area contributed by atoms with Crippen molar-refractivity contribution in [2.75, 3.05) is 0 Å². The summed E-state index contributed by atoms with van der Waals surface area (Å²) in [5, 5.41) is 0. The fourth-order valence-corrected chi connectivity index (χ4v) is 2.27. The molecule has 0 spiro atoms. The van der Waals surface area contributed by atoms with Crippen LogP contribution in [0.25, 0.3) is 11.1 Å². The van der Waals surface area contributed by atoms with E-state index in [4.69, 9.17) is 5.73 Å². The quantitative estimate of drug-likeness (QED) is 0.681. The topological polar surface area (TPSA) is 64.7 Å². The predicted octanol–water partition coefficient (Wildman–Crippen LogP) is 3.74. The molecule has 4 nitrogen and oxygen atoms in total. The summed E-state index contributed by atoms with van der Waals surface area (Å²) in [7, 11) is 0. The van der Waals surface area contributed by atoms with Crippen LogP contribution in [-0.4, -0.2) is 15.0 Å². The number of hydrogen-bond acceptors (Lipinski definition) is 4. The molecule has 1 aromatic heterocycles. The Kier molecular flexibility index (Phi) is 5.42. The number of nitrogens with zero attached hydrogens (tertiary/aromatic N) is 3. The van der Waals surface area contributed by atoms with E-state index in [-0.39, 0.29) is 0 Å². The van der Waals surface area contributed by atoms with Gasteiger partial charge in [0.2, 0.25) is 0 Å². The third-order valence-electron chi connectivity index (χ3n) is 3.44. The molecule has 0 aromatic carbocycles. The summed E-state index contributed by atoms with van der Waals surface area (Å²) in [6.07, 6.45) is 15.7. The van der Waals surface area contributed by atoms with Crippen molar-refractivity contribution in [2.24, 2.45) is 5.73 Å². The largest absolute Gasteiger partial charge is 0.405 e. The van der Waals surface area contributed by atoms with Gasteiger partial charge in [-0.2, -0.15) is 0 Å². The molecule has 0 radical (unpaired) electrons. The molecule has 4 heteroatoms. The number of nitrogens with two attached hydrogens (primary N) is 1. The van der Waals surface area contributed by atoms with Crippen LogP contribution in [0.1, 0.15) is 44.2 Å². The van der Waals surface area contributed by atoms with E-state index in [2.05, 4.69) is 46.2 Å². The average molecular weight is 294 g/mol. The first-order valence-electron chi connectivity index (χ1n) is 7.45. The molecule has 0 amide bonds. The van der Waals surface area contributed by atoms with E-state index in [1.54, 1.807) is 6.08 Å². The number of rotatable bonds is 3. The van der Waals surface area contributed by atoms with Crippen molar-refractivity contribution < 1.29 is 0 Å². The summed E-state index contributed by atoms with van der Waals surface area (Å²) in [6.45, 7) is 5.94. The van der Waals surface area contributed by atoms with Crippen LogP contribution in [0.2, 0.25) is 0 Å². The molecule has 0 bridgehead atoms. The molecule has 22 heavy (non-hydrogen) atoms. The molecular formula is C18H22N4. The minimum atomic E-state index is 0.651. The Balaban J connectivity index is 2.54. The maximum atomic E-state index is 5.50. The fourth-order valence-electron chi connectivity index (χ4n) is 2.27. The van der Waals surface area contributed by atoms with Crippen molar-refractivity contribution in [3.05, 3.63) is 65.7 Å². The number of aryl methyl sites for hydroxylation is 1. The van der Waals surface area contributed by atoms with Crippen LogP contribution in [0, 0.1) is 6.92 Å². The Hall–Kier alpha value is -2.49. The van der Waals surface area contributed by atoms with Crippen LogP contribution >= 0.6 is 0 Å². The molecule has 1 aliphatic rings. The highest BCUT2D eigenvalue weighted by Gasteiger charge is 2.11. The first-order valence-corrected chi connectivity index (χ1v) is 7.45. The van der Waals surface area contributed by atoms with E-state index in [1.807, 2.05) is 19.9 Å². The van der Waals surface area contributed by atoms with Gasteiger partial charge in [-0.05, 0) is 45.9 Å². The molecule has 0 aliphatic heterocycles. The average Bonchev–Trinajstić information content (AvgIpc) is 2.48. The fraction of sp³-hybridized carbons (Fsp3) is 0.278. The standard InChI is InChI=1S/C18H22N4/c1-4-15(11-12-19)17-20-14(3)21-18(22-17)16-10-8-6-5-7-9-13(16)2/h4-5,7-8,10-12H,6,9,19H2,1-3H3/b7-5-,10-8?,12-11-,15-4+,16-13?. The number of aromatic nitrogens is 3. The van der Waals surface area contributed by atoms with E-state index in [0.717, 1.165) is 29.8 Å². The van der Waals surface area contributed by atoms with Crippen molar-refractivity contribution in [1.29, 1.82) is 0 Å². The molecule has 0 fully saturated rings. The molecule has 1 heterocycles. The van der Waals surface area contributed by atoms with Gasteiger partial charge in [-0.15, -0.1) is 0 Å². The van der Waals surface area contributed by atoms with E-state index in [9.17, 15) is 0 Å². The second-order valence-corrected chi connectivity index (χ2v) is 5.14. The Morgan fingerprint density at radius 3 is 2.68 bits per heavy atom. The van der Waals surface area contributed by atoms with Crippen LogP contribution < -0.4 is 5.73 Å². The van der Waals surface area contributed by atoms with Crippen LogP contribution in [0.4, 0.5) is 0 Å². The monoisotopic (exact) mass is 294 g/mol. The summed E-state index contributed by atoms with van der Waals surface area (Å²) in [6, 6.07) is 0. The Morgan fingerprint density at radius 2 is 1.95 bits per heavy atom. The zero-order valence-corrected chi connectivity index (χ0v) is 13.4. The second kappa shape index (κ2) is 7.50. The second-order valence-electron chi connectivity index (χ2n) is 5.14. The van der Waals surface area contributed by atoms with Crippen molar-refractivity contribution >= 4 is 11.1 Å². The molecule has 0 atom stereocenters. The van der Waals surface area contributed by atoms with Gasteiger partial charge in [0.25, 0.3) is 0 Å². The lowest BCUT2D eigenvalue weighted by molar-refractivity contribution is 0.930. The minimum Gasteiger partial charge on any atom is -0.405 e. The lowest BCUT2D eigenvalue weighted by atomic mass is 10.0. The van der Waals surface area contributed by atoms with Crippen molar-refractivity contribution in [3.63, 3.8) is 0 Å². The van der Waals surface area contributed by atoms with Gasteiger partial charge < -0.3 is 5.73 Å². The van der Waals surface area contributed by atoms with Crippen LogP contribution in [0.5, 0.6) is 0 Å². The maximum Gasteiger partial charge on any atom is 0.163 e. The molecule has 0 saturated heterocycles. The van der Waals surface area contributed by atoms with Crippen molar-refractivity contribution in [3.8, 4) is 0 Å². The number of allylic oxidation sites excluding steroid dienone is 9. The van der Waals surface area contributed by atoms with Gasteiger partial charge in [-0.1, -0.05) is 36.0 Å². The van der Waals surface area contributed by atoms with Crippen LogP contribution in [-0.2, 0) is 0 Å². The Labute approximate surface area is 131 Å². The van der Waals surface area contributed by atoms with E-state index >= 15 is 0 Å². The lowest BCUT2D eigenvalue weighted by Gasteiger charge is -2.10. The van der Waals surface area contributed by atoms with Crippen LogP contribution in [0.15, 0.2) is 48.2 Å². The molecule has 1 aliphatic carbocycles. The molecule has 1 aromatic rings. The third kappa shape index (κ3) is 3.79.